The predicted octanol–water partition coefficient (Wildman–Crippen LogP) is 3.77. The molecule has 0 bridgehead atoms. The zero-order valence-corrected chi connectivity index (χ0v) is 18.3. The van der Waals surface area contributed by atoms with E-state index in [-0.39, 0.29) is 0 Å². The normalized spacial score (nSPS) is 16.3. The van der Waals surface area contributed by atoms with Crippen molar-refractivity contribution in [1.82, 2.24) is 14.9 Å². The Morgan fingerprint density at radius 3 is 2.50 bits per heavy atom. The summed E-state index contributed by atoms with van der Waals surface area (Å²) < 4.78 is 16.2. The molecule has 0 spiro atoms. The van der Waals surface area contributed by atoms with Crippen LogP contribution in [0.1, 0.15) is 41.3 Å². The average molecular weight is 433 g/mol. The number of benzene rings is 2. The van der Waals surface area contributed by atoms with E-state index in [1.54, 1.807) is 7.11 Å². The van der Waals surface area contributed by atoms with Gasteiger partial charge >= 0.3 is 0 Å². The number of hydrogen-bond acceptors (Lipinski definition) is 7. The number of piperidine rings is 1. The minimum atomic E-state index is 0.312. The Labute approximate surface area is 188 Å². The summed E-state index contributed by atoms with van der Waals surface area (Å²) in [4.78, 5) is 11.5. The molecule has 2 N–H and O–H groups in total. The van der Waals surface area contributed by atoms with E-state index in [0.29, 0.717) is 18.7 Å². The van der Waals surface area contributed by atoms with E-state index in [9.17, 15) is 0 Å². The number of rotatable bonds is 6. The van der Waals surface area contributed by atoms with E-state index in [0.717, 1.165) is 67.5 Å². The summed E-state index contributed by atoms with van der Waals surface area (Å²) in [5.74, 6) is 3.29. The molecule has 0 unspecified atom stereocenters. The SMILES string of the molecule is COc1ccc(Cc2cc(C3CCN(Cc4ccc5c(c4)OCO5)CC3)nc(N)n2)cc1. The van der Waals surface area contributed by atoms with Gasteiger partial charge < -0.3 is 19.9 Å². The Hall–Kier alpha value is -3.32. The van der Waals surface area contributed by atoms with Crippen LogP contribution in [0.5, 0.6) is 17.2 Å². The number of methoxy groups -OCH3 is 1. The molecule has 3 aromatic rings. The van der Waals surface area contributed by atoms with Crippen LogP contribution in [0.3, 0.4) is 0 Å². The minimum Gasteiger partial charge on any atom is -0.497 e. The molecule has 0 aliphatic carbocycles. The Balaban J connectivity index is 1.21. The molecular weight excluding hydrogens is 404 g/mol. The van der Waals surface area contributed by atoms with Crippen molar-refractivity contribution in [3.05, 3.63) is 71.0 Å². The second-order valence-corrected chi connectivity index (χ2v) is 8.41. The second-order valence-electron chi connectivity index (χ2n) is 8.41. The highest BCUT2D eigenvalue weighted by molar-refractivity contribution is 5.44. The standard InChI is InChI=1S/C25H28N4O3/c1-30-21-5-2-17(3-6-21)12-20-14-22(28-25(26)27-20)19-8-10-29(11-9-19)15-18-4-7-23-24(13-18)32-16-31-23/h2-7,13-14,19H,8-12,15-16H2,1H3,(H2,26,27,28). The third kappa shape index (κ3) is 4.62. The highest BCUT2D eigenvalue weighted by Crippen LogP contribution is 2.34. The fraction of sp³-hybridized carbons (Fsp3) is 0.360. The molecule has 1 fully saturated rings. The van der Waals surface area contributed by atoms with E-state index in [1.807, 2.05) is 18.2 Å². The lowest BCUT2D eigenvalue weighted by atomic mass is 9.92. The van der Waals surface area contributed by atoms with Crippen molar-refractivity contribution in [2.24, 2.45) is 0 Å². The number of anilines is 1. The zero-order chi connectivity index (χ0) is 21.9. The Morgan fingerprint density at radius 1 is 0.969 bits per heavy atom. The first-order valence-corrected chi connectivity index (χ1v) is 11.0. The predicted molar refractivity (Wildman–Crippen MR) is 122 cm³/mol. The lowest BCUT2D eigenvalue weighted by Gasteiger charge is -2.31. The molecular formula is C25H28N4O3. The summed E-state index contributed by atoms with van der Waals surface area (Å²) >= 11 is 0. The minimum absolute atomic E-state index is 0.312. The van der Waals surface area contributed by atoms with Crippen LogP contribution in [-0.4, -0.2) is 41.9 Å². The van der Waals surface area contributed by atoms with Gasteiger partial charge in [-0.25, -0.2) is 9.97 Å². The Morgan fingerprint density at radius 2 is 1.72 bits per heavy atom. The lowest BCUT2D eigenvalue weighted by Crippen LogP contribution is -2.32. The van der Waals surface area contributed by atoms with E-state index < -0.39 is 0 Å². The van der Waals surface area contributed by atoms with Gasteiger partial charge in [0, 0.05) is 24.6 Å². The number of nitrogen functional groups attached to an aromatic ring is 1. The number of fused-ring (bicyclic) bond motifs is 1. The van der Waals surface area contributed by atoms with Crippen molar-refractivity contribution >= 4 is 5.95 Å². The van der Waals surface area contributed by atoms with Crippen LogP contribution >= 0.6 is 0 Å². The third-order valence-corrected chi connectivity index (χ3v) is 6.21. The maximum atomic E-state index is 6.06. The number of nitrogens with two attached hydrogens (primary N) is 1. The third-order valence-electron chi connectivity index (χ3n) is 6.21. The van der Waals surface area contributed by atoms with E-state index in [4.69, 9.17) is 19.9 Å². The van der Waals surface area contributed by atoms with Gasteiger partial charge in [0.2, 0.25) is 12.7 Å². The van der Waals surface area contributed by atoms with Crippen molar-refractivity contribution in [2.45, 2.75) is 31.7 Å². The molecule has 7 nitrogen and oxygen atoms in total. The number of hydrogen-bond donors (Lipinski definition) is 1. The van der Waals surface area contributed by atoms with Crippen LogP contribution in [0.15, 0.2) is 48.5 Å². The van der Waals surface area contributed by atoms with Gasteiger partial charge in [0.05, 0.1) is 12.8 Å². The number of likely N-dealkylation sites (tertiary alicyclic amines) is 1. The molecule has 0 amide bonds. The summed E-state index contributed by atoms with van der Waals surface area (Å²) in [6.07, 6.45) is 2.85. The van der Waals surface area contributed by atoms with Crippen LogP contribution in [-0.2, 0) is 13.0 Å². The number of nitrogens with zero attached hydrogens (tertiary/aromatic N) is 3. The van der Waals surface area contributed by atoms with Crippen LogP contribution in [0, 0.1) is 0 Å². The summed E-state index contributed by atoms with van der Waals surface area (Å²) in [5.41, 5.74) is 10.5. The zero-order valence-electron chi connectivity index (χ0n) is 18.3. The molecule has 166 valence electrons. The van der Waals surface area contributed by atoms with E-state index in [2.05, 4.69) is 45.2 Å². The first kappa shape index (κ1) is 20.6. The van der Waals surface area contributed by atoms with Gasteiger partial charge in [0.1, 0.15) is 5.75 Å². The Bertz CT molecular complexity index is 1080. The van der Waals surface area contributed by atoms with Gasteiger partial charge in [-0.2, -0.15) is 0 Å². The molecule has 5 rings (SSSR count). The largest absolute Gasteiger partial charge is 0.497 e. The molecule has 0 saturated carbocycles. The quantitative estimate of drug-likeness (QED) is 0.635. The van der Waals surface area contributed by atoms with Crippen molar-refractivity contribution in [1.29, 1.82) is 0 Å². The second kappa shape index (κ2) is 9.04. The fourth-order valence-electron chi connectivity index (χ4n) is 4.48. The van der Waals surface area contributed by atoms with Crippen LogP contribution < -0.4 is 19.9 Å². The summed E-state index contributed by atoms with van der Waals surface area (Å²) in [6.45, 7) is 3.28. The topological polar surface area (TPSA) is 82.7 Å². The van der Waals surface area contributed by atoms with Gasteiger partial charge in [-0.05, 0) is 67.4 Å². The highest BCUT2D eigenvalue weighted by Gasteiger charge is 2.23. The first-order chi connectivity index (χ1) is 15.7. The van der Waals surface area contributed by atoms with Gasteiger partial charge in [-0.1, -0.05) is 18.2 Å². The van der Waals surface area contributed by atoms with Gasteiger partial charge in [-0.3, -0.25) is 4.90 Å². The van der Waals surface area contributed by atoms with Crippen molar-refractivity contribution in [3.8, 4) is 17.2 Å². The van der Waals surface area contributed by atoms with Crippen molar-refractivity contribution in [3.63, 3.8) is 0 Å². The van der Waals surface area contributed by atoms with Gasteiger partial charge in [0.25, 0.3) is 0 Å². The number of aromatic nitrogens is 2. The van der Waals surface area contributed by atoms with Gasteiger partial charge in [0.15, 0.2) is 11.5 Å². The van der Waals surface area contributed by atoms with Gasteiger partial charge in [-0.15, -0.1) is 0 Å². The Kier molecular flexibility index (Phi) is 5.81. The molecule has 3 heterocycles. The molecule has 2 aliphatic rings. The van der Waals surface area contributed by atoms with E-state index >= 15 is 0 Å². The molecule has 2 aliphatic heterocycles. The average Bonchev–Trinajstić information content (AvgIpc) is 3.28. The van der Waals surface area contributed by atoms with Crippen molar-refractivity contribution < 1.29 is 14.2 Å². The van der Waals surface area contributed by atoms with E-state index in [1.165, 1.54) is 11.1 Å². The smallest absolute Gasteiger partial charge is 0.231 e. The first-order valence-electron chi connectivity index (χ1n) is 11.0. The molecule has 7 heteroatoms. The van der Waals surface area contributed by atoms with Crippen LogP contribution in [0.2, 0.25) is 0 Å². The van der Waals surface area contributed by atoms with Crippen LogP contribution in [0.4, 0.5) is 5.95 Å². The molecule has 32 heavy (non-hydrogen) atoms. The maximum Gasteiger partial charge on any atom is 0.231 e. The molecule has 0 atom stereocenters. The fourth-order valence-corrected chi connectivity index (χ4v) is 4.48. The summed E-state index contributed by atoms with van der Waals surface area (Å²) in [7, 11) is 1.67. The summed E-state index contributed by atoms with van der Waals surface area (Å²) in [5, 5.41) is 0. The monoisotopic (exact) mass is 432 g/mol. The molecule has 2 aromatic carbocycles. The number of ether oxygens (including phenoxy) is 3. The lowest BCUT2D eigenvalue weighted by molar-refractivity contribution is 0.173. The maximum absolute atomic E-state index is 6.06. The molecule has 0 radical (unpaired) electrons. The van der Waals surface area contributed by atoms with Crippen molar-refractivity contribution in [2.75, 3.05) is 32.7 Å². The highest BCUT2D eigenvalue weighted by atomic mass is 16.7. The molecule has 1 aromatic heterocycles. The summed E-state index contributed by atoms with van der Waals surface area (Å²) in [6, 6.07) is 16.4. The van der Waals surface area contributed by atoms with Crippen LogP contribution in [0.25, 0.3) is 0 Å². The molecule has 1 saturated heterocycles.